The van der Waals surface area contributed by atoms with E-state index in [0.29, 0.717) is 6.54 Å². The molecule has 0 unspecified atom stereocenters. The highest BCUT2D eigenvalue weighted by atomic mass is 16.3. The Morgan fingerprint density at radius 2 is 2.27 bits per heavy atom. The first-order valence-electron chi connectivity index (χ1n) is 4.98. The first-order chi connectivity index (χ1) is 7.34. The van der Waals surface area contributed by atoms with Crippen molar-refractivity contribution in [1.29, 1.82) is 0 Å². The second-order valence-corrected chi connectivity index (χ2v) is 3.56. The van der Waals surface area contributed by atoms with Crippen molar-refractivity contribution in [3.05, 3.63) is 53.7 Å². The Balaban J connectivity index is 1.83. The highest BCUT2D eigenvalue weighted by Crippen LogP contribution is 2.04. The fraction of sp³-hybridized carbons (Fsp3) is 0.250. The third kappa shape index (κ3) is 2.92. The second kappa shape index (κ2) is 4.75. The molecule has 1 heterocycles. The molecule has 3 nitrogen and oxygen atoms in total. The van der Waals surface area contributed by atoms with Gasteiger partial charge in [0, 0.05) is 6.54 Å². The monoisotopic (exact) mass is 202 g/mol. The second-order valence-electron chi connectivity index (χ2n) is 3.56. The number of aromatic nitrogens is 1. The summed E-state index contributed by atoms with van der Waals surface area (Å²) in [6.45, 7) is 3.66. The van der Waals surface area contributed by atoms with Crippen LogP contribution in [0, 0.1) is 6.92 Å². The van der Waals surface area contributed by atoms with Crippen molar-refractivity contribution in [3.8, 4) is 0 Å². The molecule has 1 aromatic heterocycles. The number of oxazole rings is 1. The van der Waals surface area contributed by atoms with Crippen LogP contribution in [-0.4, -0.2) is 4.98 Å². The van der Waals surface area contributed by atoms with Crippen molar-refractivity contribution >= 4 is 0 Å². The molecule has 3 heteroatoms. The van der Waals surface area contributed by atoms with E-state index in [1.165, 1.54) is 17.5 Å². The normalized spacial score (nSPS) is 10.5. The van der Waals surface area contributed by atoms with Crippen molar-refractivity contribution < 1.29 is 4.42 Å². The van der Waals surface area contributed by atoms with Crippen LogP contribution in [0.1, 0.15) is 16.9 Å². The van der Waals surface area contributed by atoms with Crippen LogP contribution in [0.3, 0.4) is 0 Å². The van der Waals surface area contributed by atoms with Gasteiger partial charge < -0.3 is 9.73 Å². The molecule has 0 aliphatic heterocycles. The summed E-state index contributed by atoms with van der Waals surface area (Å²) in [5.41, 5.74) is 2.57. The largest absolute Gasteiger partial charge is 0.447 e. The van der Waals surface area contributed by atoms with E-state index in [4.69, 9.17) is 4.42 Å². The van der Waals surface area contributed by atoms with Crippen LogP contribution in [0.5, 0.6) is 0 Å². The third-order valence-corrected chi connectivity index (χ3v) is 2.19. The SMILES string of the molecule is Cc1cccc(CNCc2cnco2)c1. The number of hydrogen-bond acceptors (Lipinski definition) is 3. The summed E-state index contributed by atoms with van der Waals surface area (Å²) in [5.74, 6) is 0.864. The van der Waals surface area contributed by atoms with Gasteiger partial charge in [0.15, 0.2) is 6.39 Å². The lowest BCUT2D eigenvalue weighted by molar-refractivity contribution is 0.479. The molecule has 1 aromatic carbocycles. The molecular formula is C12H14N2O. The maximum Gasteiger partial charge on any atom is 0.180 e. The van der Waals surface area contributed by atoms with Gasteiger partial charge in [-0.3, -0.25) is 0 Å². The van der Waals surface area contributed by atoms with Gasteiger partial charge in [0.2, 0.25) is 0 Å². The summed E-state index contributed by atoms with van der Waals surface area (Å²) >= 11 is 0. The zero-order valence-electron chi connectivity index (χ0n) is 8.73. The summed E-state index contributed by atoms with van der Waals surface area (Å²) in [7, 11) is 0. The molecule has 2 rings (SSSR count). The van der Waals surface area contributed by atoms with Crippen LogP contribution in [0.15, 0.2) is 41.3 Å². The van der Waals surface area contributed by atoms with Gasteiger partial charge in [0.1, 0.15) is 5.76 Å². The van der Waals surface area contributed by atoms with Gasteiger partial charge in [-0.25, -0.2) is 4.98 Å². The Morgan fingerprint density at radius 3 is 3.00 bits per heavy atom. The maximum atomic E-state index is 5.12. The lowest BCUT2D eigenvalue weighted by Gasteiger charge is -2.03. The van der Waals surface area contributed by atoms with Gasteiger partial charge in [-0.1, -0.05) is 29.8 Å². The van der Waals surface area contributed by atoms with Crippen LogP contribution in [-0.2, 0) is 13.1 Å². The van der Waals surface area contributed by atoms with Gasteiger partial charge in [-0.05, 0) is 12.5 Å². The Labute approximate surface area is 89.1 Å². The van der Waals surface area contributed by atoms with E-state index in [1.54, 1.807) is 6.20 Å². The van der Waals surface area contributed by atoms with E-state index < -0.39 is 0 Å². The van der Waals surface area contributed by atoms with Crippen molar-refractivity contribution in [2.24, 2.45) is 0 Å². The third-order valence-electron chi connectivity index (χ3n) is 2.19. The molecule has 1 N–H and O–H groups in total. The van der Waals surface area contributed by atoms with Crippen molar-refractivity contribution in [2.75, 3.05) is 0 Å². The molecular weight excluding hydrogens is 188 g/mol. The van der Waals surface area contributed by atoms with Crippen LogP contribution in [0.4, 0.5) is 0 Å². The standard InChI is InChI=1S/C12H14N2O/c1-10-3-2-4-11(5-10)6-13-7-12-8-14-9-15-12/h2-5,8-9,13H,6-7H2,1H3. The van der Waals surface area contributed by atoms with Gasteiger partial charge in [-0.2, -0.15) is 0 Å². The zero-order valence-corrected chi connectivity index (χ0v) is 8.73. The minimum atomic E-state index is 0.716. The Morgan fingerprint density at radius 1 is 1.33 bits per heavy atom. The minimum absolute atomic E-state index is 0.716. The number of benzene rings is 1. The molecule has 0 spiro atoms. The Hall–Kier alpha value is -1.61. The molecule has 0 radical (unpaired) electrons. The zero-order chi connectivity index (χ0) is 10.5. The van der Waals surface area contributed by atoms with Crippen LogP contribution in [0.2, 0.25) is 0 Å². The molecule has 0 aliphatic carbocycles. The van der Waals surface area contributed by atoms with Gasteiger partial charge in [0.25, 0.3) is 0 Å². The molecule has 2 aromatic rings. The summed E-state index contributed by atoms with van der Waals surface area (Å²) < 4.78 is 5.12. The molecule has 0 fully saturated rings. The lowest BCUT2D eigenvalue weighted by Crippen LogP contribution is -2.12. The summed E-state index contributed by atoms with van der Waals surface area (Å²) in [4.78, 5) is 3.86. The fourth-order valence-electron chi connectivity index (χ4n) is 1.48. The quantitative estimate of drug-likeness (QED) is 0.826. The van der Waals surface area contributed by atoms with E-state index in [0.717, 1.165) is 12.3 Å². The first-order valence-corrected chi connectivity index (χ1v) is 4.98. The molecule has 15 heavy (non-hydrogen) atoms. The van der Waals surface area contributed by atoms with Crippen molar-refractivity contribution in [3.63, 3.8) is 0 Å². The Bertz CT molecular complexity index is 409. The van der Waals surface area contributed by atoms with Gasteiger partial charge >= 0.3 is 0 Å². The maximum absolute atomic E-state index is 5.12. The van der Waals surface area contributed by atoms with Gasteiger partial charge in [0.05, 0.1) is 12.7 Å². The molecule has 0 amide bonds. The van der Waals surface area contributed by atoms with Gasteiger partial charge in [-0.15, -0.1) is 0 Å². The molecule has 0 bridgehead atoms. The van der Waals surface area contributed by atoms with E-state index in [-0.39, 0.29) is 0 Å². The molecule has 0 saturated heterocycles. The number of nitrogens with zero attached hydrogens (tertiary/aromatic N) is 1. The van der Waals surface area contributed by atoms with E-state index >= 15 is 0 Å². The summed E-state index contributed by atoms with van der Waals surface area (Å²) in [5, 5.41) is 3.30. The number of aryl methyl sites for hydroxylation is 1. The van der Waals surface area contributed by atoms with E-state index in [9.17, 15) is 0 Å². The number of rotatable bonds is 4. The van der Waals surface area contributed by atoms with Crippen molar-refractivity contribution in [1.82, 2.24) is 10.3 Å². The molecule has 0 aliphatic rings. The van der Waals surface area contributed by atoms with Crippen LogP contribution in [0.25, 0.3) is 0 Å². The first kappa shape index (κ1) is 9.93. The minimum Gasteiger partial charge on any atom is -0.447 e. The van der Waals surface area contributed by atoms with E-state index in [2.05, 4.69) is 41.5 Å². The average Bonchev–Trinajstić information content (AvgIpc) is 2.71. The Kier molecular flexibility index (Phi) is 3.15. The van der Waals surface area contributed by atoms with Crippen molar-refractivity contribution in [2.45, 2.75) is 20.0 Å². The highest BCUT2D eigenvalue weighted by molar-refractivity contribution is 5.21. The molecule has 0 saturated carbocycles. The topological polar surface area (TPSA) is 38.1 Å². The van der Waals surface area contributed by atoms with Crippen LogP contribution >= 0.6 is 0 Å². The predicted octanol–water partition coefficient (Wildman–Crippen LogP) is 2.27. The smallest absolute Gasteiger partial charge is 0.180 e. The number of hydrogen-bond donors (Lipinski definition) is 1. The predicted molar refractivity (Wildman–Crippen MR) is 58.2 cm³/mol. The van der Waals surface area contributed by atoms with Crippen LogP contribution < -0.4 is 5.32 Å². The lowest BCUT2D eigenvalue weighted by atomic mass is 10.1. The average molecular weight is 202 g/mol. The number of nitrogens with one attached hydrogen (secondary N) is 1. The molecule has 0 atom stereocenters. The summed E-state index contributed by atoms with van der Waals surface area (Å²) in [6.07, 6.45) is 3.17. The highest BCUT2D eigenvalue weighted by Gasteiger charge is 1.96. The fourth-order valence-corrected chi connectivity index (χ4v) is 1.48. The van der Waals surface area contributed by atoms with E-state index in [1.807, 2.05) is 0 Å². The summed E-state index contributed by atoms with van der Waals surface area (Å²) in [6, 6.07) is 8.45. The molecule has 78 valence electrons.